The third-order valence-corrected chi connectivity index (χ3v) is 3.44. The molecule has 1 aromatic carbocycles. The Hall–Kier alpha value is -0.990. The fourth-order valence-corrected chi connectivity index (χ4v) is 2.43. The highest BCUT2D eigenvalue weighted by molar-refractivity contribution is 9.10. The molecule has 1 atom stereocenters. The Morgan fingerprint density at radius 1 is 1.61 bits per heavy atom. The van der Waals surface area contributed by atoms with Gasteiger partial charge in [-0.15, -0.1) is 12.6 Å². The number of nitrogens with zero attached hydrogens (tertiary/aromatic N) is 2. The van der Waals surface area contributed by atoms with Gasteiger partial charge in [0.1, 0.15) is 0 Å². The molecule has 0 aliphatic carbocycles. The number of halogens is 1. The summed E-state index contributed by atoms with van der Waals surface area (Å²) in [7, 11) is 0. The van der Waals surface area contributed by atoms with Crippen molar-refractivity contribution in [3.63, 3.8) is 0 Å². The zero-order chi connectivity index (χ0) is 13.7. The Morgan fingerprint density at radius 2 is 2.28 bits per heavy atom. The fourth-order valence-electron chi connectivity index (χ4n) is 1.58. The average molecular weight is 327 g/mol. The van der Waals surface area contributed by atoms with Crippen LogP contribution in [-0.4, -0.2) is 23.9 Å². The van der Waals surface area contributed by atoms with Crippen molar-refractivity contribution < 1.29 is 4.79 Å². The molecule has 18 heavy (non-hydrogen) atoms. The van der Waals surface area contributed by atoms with Crippen LogP contribution in [0.25, 0.3) is 0 Å². The molecule has 0 aliphatic rings. The van der Waals surface area contributed by atoms with Gasteiger partial charge < -0.3 is 4.90 Å². The summed E-state index contributed by atoms with van der Waals surface area (Å²) in [6.07, 6.45) is 0. The minimum absolute atomic E-state index is 0.0860. The van der Waals surface area contributed by atoms with E-state index in [1.807, 2.05) is 13.0 Å². The topological polar surface area (TPSA) is 44.1 Å². The Morgan fingerprint density at radius 3 is 2.78 bits per heavy atom. The molecule has 0 aromatic heterocycles. The Labute approximate surface area is 121 Å². The minimum Gasteiger partial charge on any atom is -0.338 e. The average Bonchev–Trinajstić information content (AvgIpc) is 2.34. The molecule has 1 amide bonds. The van der Waals surface area contributed by atoms with E-state index in [0.29, 0.717) is 23.5 Å². The maximum absolute atomic E-state index is 12.3. The van der Waals surface area contributed by atoms with Gasteiger partial charge in [-0.05, 0) is 32.0 Å². The third-order valence-electron chi connectivity index (χ3n) is 2.57. The van der Waals surface area contributed by atoms with Crippen LogP contribution in [-0.2, 0) is 0 Å². The second-order valence-corrected chi connectivity index (χ2v) is 5.43. The van der Waals surface area contributed by atoms with Gasteiger partial charge in [0.15, 0.2) is 0 Å². The van der Waals surface area contributed by atoms with E-state index in [9.17, 15) is 4.79 Å². The van der Waals surface area contributed by atoms with Gasteiger partial charge in [-0.1, -0.05) is 15.9 Å². The van der Waals surface area contributed by atoms with E-state index >= 15 is 0 Å². The maximum Gasteiger partial charge on any atom is 0.255 e. The maximum atomic E-state index is 12.3. The number of rotatable bonds is 4. The van der Waals surface area contributed by atoms with Gasteiger partial charge in [0, 0.05) is 22.5 Å². The van der Waals surface area contributed by atoms with Crippen LogP contribution < -0.4 is 0 Å². The molecule has 96 valence electrons. The van der Waals surface area contributed by atoms with Crippen molar-refractivity contribution in [2.75, 3.05) is 13.1 Å². The molecule has 1 unspecified atom stereocenters. The van der Waals surface area contributed by atoms with Gasteiger partial charge in [0.05, 0.1) is 17.6 Å². The molecule has 1 aromatic rings. The molecule has 1 rings (SSSR count). The Bertz CT molecular complexity index is 484. The van der Waals surface area contributed by atoms with E-state index in [1.54, 1.807) is 24.0 Å². The van der Waals surface area contributed by atoms with Crippen LogP contribution in [0.2, 0.25) is 0 Å². The molecule has 3 nitrogen and oxygen atoms in total. The first-order valence-corrected chi connectivity index (χ1v) is 6.91. The number of nitriles is 1. The highest BCUT2D eigenvalue weighted by Gasteiger charge is 2.18. The third kappa shape index (κ3) is 3.76. The van der Waals surface area contributed by atoms with Gasteiger partial charge in [-0.25, -0.2) is 0 Å². The number of hydrogen-bond acceptors (Lipinski definition) is 3. The summed E-state index contributed by atoms with van der Waals surface area (Å²) < 4.78 is 0.887. The number of thiol groups is 1. The standard InChI is InChI=1S/C13H15BrN2OS/c1-3-16(8-9(2)7-15)13(17)11-5-4-10(14)6-12(11)18/h4-6,9,18H,3,8H2,1-2H3. The van der Waals surface area contributed by atoms with E-state index in [2.05, 4.69) is 34.6 Å². The number of carbonyl (C=O) groups is 1. The molecule has 0 heterocycles. The quantitative estimate of drug-likeness (QED) is 0.862. The van der Waals surface area contributed by atoms with Crippen LogP contribution in [0.5, 0.6) is 0 Å². The van der Waals surface area contributed by atoms with Gasteiger partial charge in [0.2, 0.25) is 0 Å². The molecule has 0 saturated heterocycles. The smallest absolute Gasteiger partial charge is 0.255 e. The zero-order valence-electron chi connectivity index (χ0n) is 10.4. The van der Waals surface area contributed by atoms with Crippen molar-refractivity contribution in [1.82, 2.24) is 4.90 Å². The van der Waals surface area contributed by atoms with Crippen molar-refractivity contribution in [2.45, 2.75) is 18.7 Å². The molecule has 0 aliphatic heterocycles. The zero-order valence-corrected chi connectivity index (χ0v) is 12.8. The summed E-state index contributed by atoms with van der Waals surface area (Å²) in [4.78, 5) is 14.6. The first kappa shape index (κ1) is 15.1. The highest BCUT2D eigenvalue weighted by atomic mass is 79.9. The van der Waals surface area contributed by atoms with Crippen LogP contribution in [0.3, 0.4) is 0 Å². The van der Waals surface area contributed by atoms with Gasteiger partial charge in [-0.3, -0.25) is 4.79 Å². The number of amides is 1. The molecular formula is C13H15BrN2OS. The molecule has 0 saturated carbocycles. The van der Waals surface area contributed by atoms with E-state index < -0.39 is 0 Å². The summed E-state index contributed by atoms with van der Waals surface area (Å²) >= 11 is 7.65. The monoisotopic (exact) mass is 326 g/mol. The lowest BCUT2D eigenvalue weighted by atomic mass is 10.1. The Kier molecular flexibility index (Phi) is 5.70. The molecule has 0 N–H and O–H groups in total. The lowest BCUT2D eigenvalue weighted by molar-refractivity contribution is 0.0749. The molecular weight excluding hydrogens is 312 g/mol. The fraction of sp³-hybridized carbons (Fsp3) is 0.385. The molecule has 0 spiro atoms. The summed E-state index contributed by atoms with van der Waals surface area (Å²) in [6, 6.07) is 7.49. The van der Waals surface area contributed by atoms with E-state index in [-0.39, 0.29) is 11.8 Å². The molecule has 0 radical (unpaired) electrons. The van der Waals surface area contributed by atoms with Gasteiger partial charge in [-0.2, -0.15) is 5.26 Å². The summed E-state index contributed by atoms with van der Waals surface area (Å²) in [5, 5.41) is 8.81. The SMILES string of the molecule is CCN(CC(C)C#N)C(=O)c1ccc(Br)cc1S. The minimum atomic E-state index is -0.173. The number of carbonyl (C=O) groups excluding carboxylic acids is 1. The summed E-state index contributed by atoms with van der Waals surface area (Å²) in [5.41, 5.74) is 0.563. The van der Waals surface area contributed by atoms with Crippen molar-refractivity contribution >= 4 is 34.5 Å². The van der Waals surface area contributed by atoms with Crippen LogP contribution in [0.1, 0.15) is 24.2 Å². The van der Waals surface area contributed by atoms with Crippen LogP contribution >= 0.6 is 28.6 Å². The second-order valence-electron chi connectivity index (χ2n) is 4.04. The van der Waals surface area contributed by atoms with Gasteiger partial charge >= 0.3 is 0 Å². The van der Waals surface area contributed by atoms with E-state index in [4.69, 9.17) is 5.26 Å². The largest absolute Gasteiger partial charge is 0.338 e. The summed E-state index contributed by atoms with van der Waals surface area (Å²) in [5.74, 6) is -0.259. The number of hydrogen-bond donors (Lipinski definition) is 1. The lowest BCUT2D eigenvalue weighted by Gasteiger charge is -2.22. The molecule has 5 heteroatoms. The number of benzene rings is 1. The van der Waals surface area contributed by atoms with Crippen LogP contribution in [0.15, 0.2) is 27.6 Å². The van der Waals surface area contributed by atoms with E-state index in [0.717, 1.165) is 4.47 Å². The van der Waals surface area contributed by atoms with Crippen LogP contribution in [0, 0.1) is 17.2 Å². The van der Waals surface area contributed by atoms with Crippen LogP contribution in [0.4, 0.5) is 0 Å². The predicted octanol–water partition coefficient (Wildman–Crippen LogP) is 3.36. The Balaban J connectivity index is 2.94. The first-order chi connectivity index (χ1) is 8.49. The summed E-state index contributed by atoms with van der Waals surface area (Å²) in [6.45, 7) is 4.72. The predicted molar refractivity (Wildman–Crippen MR) is 77.7 cm³/mol. The van der Waals surface area contributed by atoms with Crippen molar-refractivity contribution in [3.8, 4) is 6.07 Å². The van der Waals surface area contributed by atoms with Crippen molar-refractivity contribution in [2.24, 2.45) is 5.92 Å². The van der Waals surface area contributed by atoms with Crippen molar-refractivity contribution in [1.29, 1.82) is 5.26 Å². The second kappa shape index (κ2) is 6.81. The first-order valence-electron chi connectivity index (χ1n) is 5.67. The highest BCUT2D eigenvalue weighted by Crippen LogP contribution is 2.21. The van der Waals surface area contributed by atoms with E-state index in [1.165, 1.54) is 0 Å². The lowest BCUT2D eigenvalue weighted by Crippen LogP contribution is -2.34. The molecule has 0 bridgehead atoms. The van der Waals surface area contributed by atoms with Gasteiger partial charge in [0.25, 0.3) is 5.91 Å². The van der Waals surface area contributed by atoms with Crippen molar-refractivity contribution in [3.05, 3.63) is 28.2 Å². The molecule has 0 fully saturated rings. The normalized spacial score (nSPS) is 11.7.